The van der Waals surface area contributed by atoms with Crippen LogP contribution >= 0.6 is 0 Å². The van der Waals surface area contributed by atoms with Gasteiger partial charge in [-0.1, -0.05) is 12.2 Å². The molecule has 0 aromatic heterocycles. The second-order valence-electron chi connectivity index (χ2n) is 3.45. The maximum Gasteiger partial charge on any atom is 0.573 e. The van der Waals surface area contributed by atoms with E-state index in [9.17, 15) is 17.4 Å². The second-order valence-corrected chi connectivity index (χ2v) is 5.13. The number of rotatable bonds is 1. The van der Waals surface area contributed by atoms with Gasteiger partial charge in [-0.15, -0.1) is 13.2 Å². The molecule has 2 nitrogen and oxygen atoms in total. The molecule has 0 saturated carbocycles. The van der Waals surface area contributed by atoms with Crippen LogP contribution in [0.4, 0.5) is 13.2 Å². The highest BCUT2D eigenvalue weighted by molar-refractivity contribution is 7.86. The summed E-state index contributed by atoms with van der Waals surface area (Å²) in [6, 6.07) is 0. The first kappa shape index (κ1) is 11.4. The fourth-order valence-electron chi connectivity index (χ4n) is 1.66. The average Bonchev–Trinajstić information content (AvgIpc) is 2.17. The summed E-state index contributed by atoms with van der Waals surface area (Å²) in [5.41, 5.74) is 0.805. The average molecular weight is 250 g/mol. The lowest BCUT2D eigenvalue weighted by Gasteiger charge is -2.23. The lowest BCUT2D eigenvalue weighted by molar-refractivity contribution is -0.303. The summed E-state index contributed by atoms with van der Waals surface area (Å²) in [6.07, 6.45) is 1.94. The van der Waals surface area contributed by atoms with Gasteiger partial charge in [0.05, 0.1) is 5.25 Å². The number of halogens is 3. The molecule has 0 fully saturated rings. The molecule has 0 amide bonds. The molecule has 1 aliphatic carbocycles. The summed E-state index contributed by atoms with van der Waals surface area (Å²) in [6.45, 7) is 0. The third kappa shape index (κ3) is 2.55. The van der Waals surface area contributed by atoms with Crippen molar-refractivity contribution in [3.63, 3.8) is 0 Å². The molecule has 16 heavy (non-hydrogen) atoms. The van der Waals surface area contributed by atoms with Crippen LogP contribution in [0.3, 0.4) is 0 Å². The van der Waals surface area contributed by atoms with Crippen LogP contribution in [0.25, 0.3) is 0 Å². The Bertz CT molecular complexity index is 407. The summed E-state index contributed by atoms with van der Waals surface area (Å²) >= 11 is 0. The molecule has 0 radical (unpaired) electrons. The number of hydrogen-bond donors (Lipinski definition) is 0. The Kier molecular flexibility index (Phi) is 2.92. The predicted octanol–water partition coefficient (Wildman–Crippen LogP) is 2.42. The highest BCUT2D eigenvalue weighted by atomic mass is 32.2. The first-order valence-corrected chi connectivity index (χ1v) is 6.07. The van der Waals surface area contributed by atoms with Crippen molar-refractivity contribution in [2.24, 2.45) is 0 Å². The SMILES string of the molecule is O=S1CCC=C2C=CC(OC(F)(F)F)=CC21. The van der Waals surface area contributed by atoms with Crippen LogP contribution in [0.2, 0.25) is 0 Å². The zero-order chi connectivity index (χ0) is 11.8. The topological polar surface area (TPSA) is 26.3 Å². The Labute approximate surface area is 92.9 Å². The normalized spacial score (nSPS) is 29.2. The fraction of sp³-hybridized carbons (Fsp3) is 0.400. The first-order valence-electron chi connectivity index (χ1n) is 4.68. The molecule has 2 unspecified atom stereocenters. The van der Waals surface area contributed by atoms with Crippen molar-refractivity contribution in [1.29, 1.82) is 0 Å². The second kappa shape index (κ2) is 4.08. The number of hydrogen-bond acceptors (Lipinski definition) is 2. The van der Waals surface area contributed by atoms with E-state index in [0.29, 0.717) is 12.2 Å². The van der Waals surface area contributed by atoms with Gasteiger partial charge in [0.25, 0.3) is 0 Å². The van der Waals surface area contributed by atoms with Crippen LogP contribution in [0.15, 0.2) is 35.6 Å². The molecule has 0 bridgehead atoms. The van der Waals surface area contributed by atoms with Crippen molar-refractivity contribution in [2.75, 3.05) is 5.75 Å². The van der Waals surface area contributed by atoms with Gasteiger partial charge in [0.15, 0.2) is 0 Å². The molecule has 88 valence electrons. The van der Waals surface area contributed by atoms with Crippen molar-refractivity contribution in [2.45, 2.75) is 18.0 Å². The number of allylic oxidation sites excluding steroid dienone is 3. The van der Waals surface area contributed by atoms with Crippen molar-refractivity contribution in [1.82, 2.24) is 0 Å². The van der Waals surface area contributed by atoms with Gasteiger partial charge in [0.2, 0.25) is 0 Å². The largest absolute Gasteiger partial charge is 0.573 e. The van der Waals surface area contributed by atoms with Gasteiger partial charge in [0.1, 0.15) is 5.76 Å². The number of fused-ring (bicyclic) bond motifs is 1. The minimum Gasteiger partial charge on any atom is -0.406 e. The minimum atomic E-state index is -4.70. The fourth-order valence-corrected chi connectivity index (χ4v) is 3.02. The summed E-state index contributed by atoms with van der Waals surface area (Å²) in [5, 5.41) is -0.462. The van der Waals surface area contributed by atoms with E-state index in [1.165, 1.54) is 18.2 Å². The van der Waals surface area contributed by atoms with Gasteiger partial charge in [0, 0.05) is 16.6 Å². The van der Waals surface area contributed by atoms with Crippen LogP contribution in [-0.4, -0.2) is 21.6 Å². The van der Waals surface area contributed by atoms with Crippen molar-refractivity contribution in [3.05, 3.63) is 35.6 Å². The smallest absolute Gasteiger partial charge is 0.406 e. The van der Waals surface area contributed by atoms with Crippen LogP contribution in [-0.2, 0) is 15.5 Å². The van der Waals surface area contributed by atoms with E-state index in [2.05, 4.69) is 4.74 Å². The molecular formula is C10H9F3O2S. The Hall–Kier alpha value is -1.04. The molecule has 0 spiro atoms. The number of ether oxygens (including phenoxy) is 1. The van der Waals surface area contributed by atoms with Crippen molar-refractivity contribution in [3.8, 4) is 0 Å². The lowest BCUT2D eigenvalue weighted by Crippen LogP contribution is -2.24. The Morgan fingerprint density at radius 3 is 2.81 bits per heavy atom. The first-order chi connectivity index (χ1) is 7.46. The van der Waals surface area contributed by atoms with E-state index in [1.54, 1.807) is 0 Å². The molecule has 2 aliphatic rings. The molecule has 2 atom stereocenters. The molecular weight excluding hydrogens is 241 g/mol. The Balaban J connectivity index is 2.20. The summed E-state index contributed by atoms with van der Waals surface area (Å²) in [7, 11) is -1.15. The van der Waals surface area contributed by atoms with Gasteiger partial charge in [-0.3, -0.25) is 4.21 Å². The van der Waals surface area contributed by atoms with Crippen LogP contribution in [0.1, 0.15) is 6.42 Å². The summed E-state index contributed by atoms with van der Waals surface area (Å²) in [4.78, 5) is 0. The van der Waals surface area contributed by atoms with Crippen molar-refractivity contribution >= 4 is 10.8 Å². The third-order valence-electron chi connectivity index (χ3n) is 2.30. The summed E-state index contributed by atoms with van der Waals surface area (Å²) in [5.74, 6) is 0.197. The highest BCUT2D eigenvalue weighted by Crippen LogP contribution is 2.29. The highest BCUT2D eigenvalue weighted by Gasteiger charge is 2.33. The monoisotopic (exact) mass is 250 g/mol. The van der Waals surface area contributed by atoms with E-state index in [-0.39, 0.29) is 5.76 Å². The lowest BCUT2D eigenvalue weighted by atomic mass is 10.0. The molecule has 0 aromatic carbocycles. The molecule has 6 heteroatoms. The zero-order valence-electron chi connectivity index (χ0n) is 8.16. The maximum atomic E-state index is 12.0. The third-order valence-corrected chi connectivity index (χ3v) is 3.91. The van der Waals surface area contributed by atoms with E-state index in [4.69, 9.17) is 0 Å². The molecule has 0 saturated heterocycles. The summed E-state index contributed by atoms with van der Waals surface area (Å²) < 4.78 is 51.3. The maximum absolute atomic E-state index is 12.0. The quantitative estimate of drug-likeness (QED) is 0.714. The van der Waals surface area contributed by atoms with Gasteiger partial charge in [-0.25, -0.2) is 0 Å². The molecule has 1 aliphatic heterocycles. The van der Waals surface area contributed by atoms with Crippen LogP contribution < -0.4 is 0 Å². The Morgan fingerprint density at radius 1 is 1.38 bits per heavy atom. The number of alkyl halides is 3. The molecule has 1 heterocycles. The van der Waals surface area contributed by atoms with Gasteiger partial charge >= 0.3 is 6.36 Å². The standard InChI is InChI=1S/C10H9F3O2S/c11-10(12,13)15-8-4-3-7-2-1-5-16(14)9(7)6-8/h2-4,6,9H,1,5H2. The molecule has 0 aromatic rings. The van der Waals surface area contributed by atoms with Crippen molar-refractivity contribution < 1.29 is 22.1 Å². The van der Waals surface area contributed by atoms with E-state index >= 15 is 0 Å². The van der Waals surface area contributed by atoms with Crippen LogP contribution in [0, 0.1) is 0 Å². The minimum absolute atomic E-state index is 0.287. The molecule has 0 N–H and O–H groups in total. The van der Waals surface area contributed by atoms with E-state index < -0.39 is 22.4 Å². The predicted molar refractivity (Wildman–Crippen MR) is 53.9 cm³/mol. The van der Waals surface area contributed by atoms with E-state index in [0.717, 1.165) is 5.57 Å². The zero-order valence-corrected chi connectivity index (χ0v) is 8.98. The molecule has 2 rings (SSSR count). The van der Waals surface area contributed by atoms with E-state index in [1.807, 2.05) is 6.08 Å². The van der Waals surface area contributed by atoms with Gasteiger partial charge in [-0.05, 0) is 24.1 Å². The van der Waals surface area contributed by atoms with Gasteiger partial charge in [-0.2, -0.15) is 0 Å². The van der Waals surface area contributed by atoms with Crippen LogP contribution in [0.5, 0.6) is 0 Å². The van der Waals surface area contributed by atoms with Gasteiger partial charge < -0.3 is 4.74 Å². The Morgan fingerprint density at radius 2 is 2.12 bits per heavy atom.